The molecule has 0 unspecified atom stereocenters. The first-order chi connectivity index (χ1) is 11.2. The van der Waals surface area contributed by atoms with Gasteiger partial charge in [0.25, 0.3) is 6.47 Å². The topological polar surface area (TPSA) is 74.6 Å². The number of allylic oxidation sites excluding steroid dienone is 2. The number of carbonyl (C=O) groups is 2. The van der Waals surface area contributed by atoms with Crippen LogP contribution in [0.4, 0.5) is 0 Å². The molecule has 0 amide bonds. The monoisotopic (exact) mass is 352 g/mol. The van der Waals surface area contributed by atoms with Crippen molar-refractivity contribution in [1.82, 2.24) is 0 Å². The standard InChI is InChI=1S/C18H34O2.CH2O2.Na.H/c1-2-3-4-5-6-7-8-9-10-11-12-13-14-15-16-17-18(19)20;2-1-3;;/h9-10H,2-8,11-17H2,1H3,(H,19,20);1H,(H,2,3);;/b10-9-;;;. The third kappa shape index (κ3) is 33.3. The zero-order valence-corrected chi connectivity index (χ0v) is 14.8. The molecule has 138 valence electrons. The van der Waals surface area contributed by atoms with E-state index in [2.05, 4.69) is 19.1 Å². The summed E-state index contributed by atoms with van der Waals surface area (Å²) >= 11 is 0. The fraction of sp³-hybridized carbons (Fsp3) is 0.789. The van der Waals surface area contributed by atoms with Gasteiger partial charge in [-0.3, -0.25) is 9.59 Å². The van der Waals surface area contributed by atoms with Crippen molar-refractivity contribution in [2.45, 2.75) is 96.8 Å². The molecule has 0 aromatic rings. The third-order valence-electron chi connectivity index (χ3n) is 3.65. The zero-order chi connectivity index (χ0) is 17.6. The fourth-order valence-electron chi connectivity index (χ4n) is 2.35. The number of rotatable bonds is 15. The SMILES string of the molecule is CCCCCCCC/C=C\CCCCCCCC(=O)O.O=CO.[NaH]. The Hall–Kier alpha value is -0.320. The van der Waals surface area contributed by atoms with E-state index in [1.807, 2.05) is 0 Å². The molecule has 0 radical (unpaired) electrons. The van der Waals surface area contributed by atoms with Crippen molar-refractivity contribution in [2.24, 2.45) is 0 Å². The molecule has 0 rings (SSSR count). The third-order valence-corrected chi connectivity index (χ3v) is 3.65. The summed E-state index contributed by atoms with van der Waals surface area (Å²) in [6.45, 7) is 2.01. The Morgan fingerprint density at radius 1 is 0.792 bits per heavy atom. The first-order valence-electron chi connectivity index (χ1n) is 9.13. The van der Waals surface area contributed by atoms with E-state index in [0.717, 1.165) is 12.8 Å². The Bertz CT molecular complexity index is 281. The molecule has 24 heavy (non-hydrogen) atoms. The molecule has 4 nitrogen and oxygen atoms in total. The predicted octanol–water partition coefficient (Wildman–Crippen LogP) is 5.16. The van der Waals surface area contributed by atoms with Crippen molar-refractivity contribution < 1.29 is 19.8 Å². The Morgan fingerprint density at radius 2 is 1.17 bits per heavy atom. The van der Waals surface area contributed by atoms with Crippen molar-refractivity contribution in [3.05, 3.63) is 12.2 Å². The van der Waals surface area contributed by atoms with E-state index < -0.39 is 5.97 Å². The maximum atomic E-state index is 10.3. The molecule has 0 heterocycles. The van der Waals surface area contributed by atoms with Crippen molar-refractivity contribution in [2.75, 3.05) is 0 Å². The van der Waals surface area contributed by atoms with Gasteiger partial charge in [-0.15, -0.1) is 0 Å². The minimum atomic E-state index is -0.664. The van der Waals surface area contributed by atoms with Gasteiger partial charge in [0, 0.05) is 6.42 Å². The first-order valence-corrected chi connectivity index (χ1v) is 9.13. The van der Waals surface area contributed by atoms with Crippen molar-refractivity contribution >= 4 is 42.0 Å². The van der Waals surface area contributed by atoms with Crippen molar-refractivity contribution in [3.8, 4) is 0 Å². The number of aliphatic carboxylic acids is 1. The molecule has 0 saturated carbocycles. The molecule has 0 aromatic heterocycles. The zero-order valence-electron chi connectivity index (χ0n) is 14.8. The van der Waals surface area contributed by atoms with E-state index in [0.29, 0.717) is 6.42 Å². The summed E-state index contributed by atoms with van der Waals surface area (Å²) < 4.78 is 0. The van der Waals surface area contributed by atoms with Gasteiger partial charge >= 0.3 is 35.5 Å². The molecule has 0 aliphatic carbocycles. The fourth-order valence-corrected chi connectivity index (χ4v) is 2.35. The van der Waals surface area contributed by atoms with E-state index in [4.69, 9.17) is 15.0 Å². The average molecular weight is 352 g/mol. The van der Waals surface area contributed by atoms with E-state index in [1.54, 1.807) is 0 Å². The molecule has 0 atom stereocenters. The molecule has 0 aromatic carbocycles. The van der Waals surface area contributed by atoms with Crippen LogP contribution in [0.5, 0.6) is 0 Å². The minimum absolute atomic E-state index is 0. The molecule has 5 heteroatoms. The number of carboxylic acid groups (broad SMARTS) is 2. The van der Waals surface area contributed by atoms with Crippen LogP contribution in [0.15, 0.2) is 12.2 Å². The van der Waals surface area contributed by atoms with Crippen LogP contribution in [-0.2, 0) is 9.59 Å². The van der Waals surface area contributed by atoms with Crippen LogP contribution in [0, 0.1) is 0 Å². The van der Waals surface area contributed by atoms with Crippen LogP contribution >= 0.6 is 0 Å². The Kier molecular flexibility index (Phi) is 32.7. The summed E-state index contributed by atoms with van der Waals surface area (Å²) in [5.74, 6) is -0.664. The van der Waals surface area contributed by atoms with E-state index in [-0.39, 0.29) is 36.0 Å². The van der Waals surface area contributed by atoms with E-state index in [1.165, 1.54) is 70.6 Å². The summed E-state index contributed by atoms with van der Waals surface area (Å²) in [7, 11) is 0. The predicted molar refractivity (Wildman–Crippen MR) is 103 cm³/mol. The Morgan fingerprint density at radius 3 is 1.58 bits per heavy atom. The van der Waals surface area contributed by atoms with Gasteiger partial charge in [-0.25, -0.2) is 0 Å². The van der Waals surface area contributed by atoms with Crippen molar-refractivity contribution in [1.29, 1.82) is 0 Å². The Balaban J connectivity index is -0.00000102. The number of unbranched alkanes of at least 4 members (excludes halogenated alkanes) is 11. The maximum absolute atomic E-state index is 10.3. The van der Waals surface area contributed by atoms with Gasteiger partial charge in [0.05, 0.1) is 0 Å². The molecule has 0 fully saturated rings. The second-order valence-corrected chi connectivity index (χ2v) is 5.83. The number of carboxylic acids is 1. The quantitative estimate of drug-likeness (QED) is 0.185. The first kappa shape index (κ1) is 28.5. The van der Waals surface area contributed by atoms with E-state index in [9.17, 15) is 4.79 Å². The Labute approximate surface area is 170 Å². The van der Waals surface area contributed by atoms with E-state index >= 15 is 0 Å². The van der Waals surface area contributed by atoms with Crippen molar-refractivity contribution in [3.63, 3.8) is 0 Å². The van der Waals surface area contributed by atoms with Crippen LogP contribution in [-0.4, -0.2) is 52.2 Å². The second kappa shape index (κ2) is 27.5. The van der Waals surface area contributed by atoms with Gasteiger partial charge in [-0.2, -0.15) is 0 Å². The molecule has 0 bridgehead atoms. The summed E-state index contributed by atoms with van der Waals surface area (Å²) in [5, 5.41) is 15.4. The van der Waals surface area contributed by atoms with Crippen LogP contribution in [0.25, 0.3) is 0 Å². The summed E-state index contributed by atoms with van der Waals surface area (Å²) in [6.07, 6.45) is 21.2. The van der Waals surface area contributed by atoms with Gasteiger partial charge in [0.2, 0.25) is 0 Å². The summed E-state index contributed by atoms with van der Waals surface area (Å²) in [5.41, 5.74) is 0. The van der Waals surface area contributed by atoms with Crippen LogP contribution < -0.4 is 0 Å². The molecule has 0 aliphatic rings. The van der Waals surface area contributed by atoms with Crippen LogP contribution in [0.2, 0.25) is 0 Å². The van der Waals surface area contributed by atoms with Gasteiger partial charge in [0.15, 0.2) is 0 Å². The number of hydrogen-bond donors (Lipinski definition) is 2. The summed E-state index contributed by atoms with van der Waals surface area (Å²) in [6, 6.07) is 0. The van der Waals surface area contributed by atoms with Gasteiger partial charge in [-0.05, 0) is 32.1 Å². The van der Waals surface area contributed by atoms with Crippen LogP contribution in [0.3, 0.4) is 0 Å². The van der Waals surface area contributed by atoms with Gasteiger partial charge < -0.3 is 10.2 Å². The normalized spacial score (nSPS) is 9.88. The summed E-state index contributed by atoms with van der Waals surface area (Å²) in [4.78, 5) is 18.7. The van der Waals surface area contributed by atoms with Gasteiger partial charge in [0.1, 0.15) is 0 Å². The van der Waals surface area contributed by atoms with Crippen LogP contribution in [0.1, 0.15) is 96.8 Å². The van der Waals surface area contributed by atoms with Gasteiger partial charge in [-0.1, -0.05) is 70.4 Å². The molecule has 0 saturated heterocycles. The molecular weight excluding hydrogens is 315 g/mol. The molecular formula is C19H37NaO4. The molecule has 0 spiro atoms. The number of hydrogen-bond acceptors (Lipinski definition) is 2. The molecule has 2 N–H and O–H groups in total. The molecule has 0 aliphatic heterocycles. The average Bonchev–Trinajstić information content (AvgIpc) is 2.51. The second-order valence-electron chi connectivity index (χ2n) is 5.83.